The van der Waals surface area contributed by atoms with Crippen molar-refractivity contribution in [3.05, 3.63) is 52.2 Å². The Balaban J connectivity index is 1.67. The van der Waals surface area contributed by atoms with Crippen LogP contribution in [0.3, 0.4) is 0 Å². The van der Waals surface area contributed by atoms with Gasteiger partial charge in [-0.2, -0.15) is 0 Å². The minimum absolute atomic E-state index is 0.216. The molecule has 0 unspecified atom stereocenters. The number of hydrogen-bond donors (Lipinski definition) is 1. The van der Waals surface area contributed by atoms with E-state index in [2.05, 4.69) is 9.88 Å². The van der Waals surface area contributed by atoms with Gasteiger partial charge in [-0.3, -0.25) is 0 Å². The Hall–Kier alpha value is -2.31. The standard InChI is InChI=1S/C24H29ClN2O4/c1-30-24(29)21-9-10-22-23(26-21)27(13-17-5-6-18(17)14-28)11-3-2-4-16-12-20(25)8-7-19(16)15-31-22/h7-10,12,17-18,28H,2-6,11,13-15H2,1H3/t17-,18-/m0/s1. The highest BCUT2D eigenvalue weighted by atomic mass is 35.5. The molecule has 4 rings (SSSR count). The van der Waals surface area contributed by atoms with Gasteiger partial charge in [-0.05, 0) is 79.3 Å². The third-order valence-electron chi connectivity index (χ3n) is 6.47. The largest absolute Gasteiger partial charge is 0.485 e. The van der Waals surface area contributed by atoms with Crippen LogP contribution < -0.4 is 9.64 Å². The summed E-state index contributed by atoms with van der Waals surface area (Å²) in [7, 11) is 1.36. The minimum atomic E-state index is -0.464. The zero-order valence-corrected chi connectivity index (χ0v) is 18.6. The highest BCUT2D eigenvalue weighted by Crippen LogP contribution is 2.37. The summed E-state index contributed by atoms with van der Waals surface area (Å²) in [6.07, 6.45) is 5.09. The van der Waals surface area contributed by atoms with Crippen LogP contribution in [0.25, 0.3) is 0 Å². The third kappa shape index (κ3) is 4.96. The fraction of sp³-hybridized carbons (Fsp3) is 0.500. The van der Waals surface area contributed by atoms with E-state index < -0.39 is 5.97 Å². The molecule has 0 saturated heterocycles. The van der Waals surface area contributed by atoms with E-state index in [0.29, 0.717) is 30.0 Å². The summed E-state index contributed by atoms with van der Waals surface area (Å²) in [5.74, 6) is 1.61. The highest BCUT2D eigenvalue weighted by molar-refractivity contribution is 6.30. The maximum Gasteiger partial charge on any atom is 0.356 e. The summed E-state index contributed by atoms with van der Waals surface area (Å²) in [6, 6.07) is 9.38. The number of fused-ring (bicyclic) bond motifs is 2. The van der Waals surface area contributed by atoms with E-state index in [1.54, 1.807) is 12.1 Å². The van der Waals surface area contributed by atoms with Crippen molar-refractivity contribution in [2.24, 2.45) is 11.8 Å². The van der Waals surface area contributed by atoms with Crippen molar-refractivity contribution in [1.29, 1.82) is 0 Å². The number of carbonyl (C=O) groups is 1. The predicted octanol–water partition coefficient (Wildman–Crippen LogP) is 4.26. The molecule has 1 N–H and O–H groups in total. The van der Waals surface area contributed by atoms with Crippen LogP contribution in [0.5, 0.6) is 5.75 Å². The molecule has 0 amide bonds. The quantitative estimate of drug-likeness (QED) is 0.710. The van der Waals surface area contributed by atoms with E-state index >= 15 is 0 Å². The van der Waals surface area contributed by atoms with Crippen LogP contribution in [-0.4, -0.2) is 42.9 Å². The Kier molecular flexibility index (Phi) is 6.98. The molecule has 1 saturated carbocycles. The molecular weight excluding hydrogens is 416 g/mol. The van der Waals surface area contributed by atoms with Crippen molar-refractivity contribution >= 4 is 23.4 Å². The van der Waals surface area contributed by atoms with Crippen LogP contribution in [0.2, 0.25) is 5.02 Å². The molecule has 31 heavy (non-hydrogen) atoms. The highest BCUT2D eigenvalue weighted by Gasteiger charge is 2.33. The fourth-order valence-corrected chi connectivity index (χ4v) is 4.61. The van der Waals surface area contributed by atoms with E-state index in [4.69, 9.17) is 21.1 Å². The van der Waals surface area contributed by atoms with Gasteiger partial charge in [-0.1, -0.05) is 17.7 Å². The lowest BCUT2D eigenvalue weighted by Gasteiger charge is -2.39. The number of pyridine rings is 1. The van der Waals surface area contributed by atoms with Gasteiger partial charge in [0.05, 0.1) is 7.11 Å². The average molecular weight is 445 g/mol. The van der Waals surface area contributed by atoms with E-state index in [9.17, 15) is 9.90 Å². The summed E-state index contributed by atoms with van der Waals surface area (Å²) in [4.78, 5) is 19.0. The first-order valence-electron chi connectivity index (χ1n) is 10.9. The van der Waals surface area contributed by atoms with Crippen molar-refractivity contribution in [2.45, 2.75) is 38.7 Å². The zero-order chi connectivity index (χ0) is 21.8. The SMILES string of the molecule is COC(=O)c1ccc2c(n1)N(C[C@@H]1CC[C@H]1CO)CCCCc1cc(Cl)ccc1CO2. The normalized spacial score (nSPS) is 21.1. The molecule has 1 aromatic carbocycles. The number of methoxy groups -OCH3 is 1. The number of hydrogen-bond acceptors (Lipinski definition) is 6. The number of aliphatic hydroxyl groups excluding tert-OH is 1. The van der Waals surface area contributed by atoms with Crippen LogP contribution in [0.4, 0.5) is 5.82 Å². The number of ether oxygens (including phenoxy) is 2. The Morgan fingerprint density at radius 2 is 2.06 bits per heavy atom. The predicted molar refractivity (Wildman–Crippen MR) is 120 cm³/mol. The first kappa shape index (κ1) is 21.9. The molecule has 2 aliphatic rings. The molecule has 1 aromatic heterocycles. The number of rotatable bonds is 4. The molecule has 1 fully saturated rings. The van der Waals surface area contributed by atoms with Crippen LogP contribution in [0.15, 0.2) is 30.3 Å². The van der Waals surface area contributed by atoms with Gasteiger partial charge < -0.3 is 19.5 Å². The number of nitrogens with zero attached hydrogens (tertiary/aromatic N) is 2. The van der Waals surface area contributed by atoms with Gasteiger partial charge in [0.15, 0.2) is 17.3 Å². The van der Waals surface area contributed by atoms with Crippen molar-refractivity contribution in [3.63, 3.8) is 0 Å². The fourth-order valence-electron chi connectivity index (χ4n) is 4.42. The Labute approximate surface area is 188 Å². The minimum Gasteiger partial charge on any atom is -0.485 e. The number of esters is 1. The smallest absolute Gasteiger partial charge is 0.356 e. The summed E-state index contributed by atoms with van der Waals surface area (Å²) < 4.78 is 11.1. The Bertz CT molecular complexity index is 934. The molecule has 166 valence electrons. The average Bonchev–Trinajstić information content (AvgIpc) is 2.79. The van der Waals surface area contributed by atoms with Gasteiger partial charge in [0.1, 0.15) is 6.61 Å². The molecule has 0 spiro atoms. The molecule has 1 aliphatic carbocycles. The zero-order valence-electron chi connectivity index (χ0n) is 17.8. The van der Waals surface area contributed by atoms with E-state index in [-0.39, 0.29) is 12.3 Å². The number of anilines is 1. The lowest BCUT2D eigenvalue weighted by atomic mass is 9.74. The van der Waals surface area contributed by atoms with E-state index in [1.807, 2.05) is 18.2 Å². The molecule has 2 aromatic rings. The Morgan fingerprint density at radius 1 is 1.23 bits per heavy atom. The summed E-state index contributed by atoms with van der Waals surface area (Å²) >= 11 is 6.22. The van der Waals surface area contributed by atoms with Gasteiger partial charge in [-0.15, -0.1) is 0 Å². The maximum absolute atomic E-state index is 12.1. The van der Waals surface area contributed by atoms with Crippen molar-refractivity contribution in [1.82, 2.24) is 4.98 Å². The lowest BCUT2D eigenvalue weighted by molar-refractivity contribution is 0.0594. The van der Waals surface area contributed by atoms with Crippen LogP contribution in [0, 0.1) is 11.8 Å². The second-order valence-electron chi connectivity index (χ2n) is 8.39. The molecule has 1 aliphatic heterocycles. The maximum atomic E-state index is 12.1. The molecular formula is C24H29ClN2O4. The summed E-state index contributed by atoms with van der Waals surface area (Å²) in [5.41, 5.74) is 2.59. The third-order valence-corrected chi connectivity index (χ3v) is 6.71. The lowest BCUT2D eigenvalue weighted by Crippen LogP contribution is -2.40. The topological polar surface area (TPSA) is 71.9 Å². The first-order chi connectivity index (χ1) is 15.1. The van der Waals surface area contributed by atoms with Gasteiger partial charge in [-0.25, -0.2) is 9.78 Å². The van der Waals surface area contributed by atoms with Crippen molar-refractivity contribution in [2.75, 3.05) is 31.7 Å². The molecule has 2 heterocycles. The number of benzene rings is 1. The monoisotopic (exact) mass is 444 g/mol. The van der Waals surface area contributed by atoms with Gasteiger partial charge in [0.2, 0.25) is 0 Å². The summed E-state index contributed by atoms with van der Waals surface area (Å²) in [6.45, 7) is 2.22. The molecule has 2 atom stereocenters. The van der Waals surface area contributed by atoms with Crippen LogP contribution in [-0.2, 0) is 17.8 Å². The van der Waals surface area contributed by atoms with Crippen molar-refractivity contribution < 1.29 is 19.4 Å². The molecule has 7 heteroatoms. The summed E-state index contributed by atoms with van der Waals surface area (Å²) in [5, 5.41) is 10.4. The Morgan fingerprint density at radius 3 is 2.81 bits per heavy atom. The van der Waals surface area contributed by atoms with E-state index in [0.717, 1.165) is 55.8 Å². The number of carbonyl (C=O) groups excluding carboxylic acids is 1. The first-order valence-corrected chi connectivity index (χ1v) is 11.3. The van der Waals surface area contributed by atoms with Gasteiger partial charge in [0.25, 0.3) is 0 Å². The number of aryl methyl sites for hydroxylation is 1. The van der Waals surface area contributed by atoms with Gasteiger partial charge in [0, 0.05) is 24.7 Å². The van der Waals surface area contributed by atoms with Crippen molar-refractivity contribution in [3.8, 4) is 5.75 Å². The second-order valence-corrected chi connectivity index (χ2v) is 8.83. The van der Waals surface area contributed by atoms with Gasteiger partial charge >= 0.3 is 5.97 Å². The molecule has 6 nitrogen and oxygen atoms in total. The second kappa shape index (κ2) is 9.88. The number of aromatic nitrogens is 1. The van der Waals surface area contributed by atoms with Crippen LogP contribution >= 0.6 is 11.6 Å². The number of aliphatic hydroxyl groups is 1. The van der Waals surface area contributed by atoms with E-state index in [1.165, 1.54) is 12.7 Å². The molecule has 0 radical (unpaired) electrons. The van der Waals surface area contributed by atoms with Crippen LogP contribution in [0.1, 0.15) is 47.3 Å². The molecule has 0 bridgehead atoms. The number of halogens is 1.